The minimum Gasteiger partial charge on any atom is -0.495 e. The second kappa shape index (κ2) is 10.8. The lowest BCUT2D eigenvalue weighted by Crippen LogP contribution is -2.33. The summed E-state index contributed by atoms with van der Waals surface area (Å²) in [5.41, 5.74) is 2.43. The molecule has 0 aliphatic carbocycles. The zero-order chi connectivity index (χ0) is 23.0. The van der Waals surface area contributed by atoms with Gasteiger partial charge in [-0.1, -0.05) is 72.8 Å². The van der Waals surface area contributed by atoms with Crippen LogP contribution >= 0.6 is 0 Å². The van der Waals surface area contributed by atoms with Crippen LogP contribution in [0.25, 0.3) is 0 Å². The average Bonchev–Trinajstić information content (AvgIpc) is 2.80. The number of ether oxygens (including phenoxy) is 1. The Morgan fingerprint density at radius 3 is 1.97 bits per heavy atom. The Bertz CT molecular complexity index is 1080. The summed E-state index contributed by atoms with van der Waals surface area (Å²) in [4.78, 5) is 12.8. The molecule has 168 valence electrons. The van der Waals surface area contributed by atoms with Crippen LogP contribution in [0.5, 0.6) is 5.75 Å². The molecule has 0 radical (unpaired) electrons. The maximum absolute atomic E-state index is 12.8. The van der Waals surface area contributed by atoms with Crippen molar-refractivity contribution in [2.24, 2.45) is 0 Å². The van der Waals surface area contributed by atoms with Crippen molar-refractivity contribution >= 4 is 21.6 Å². The van der Waals surface area contributed by atoms with E-state index in [1.165, 1.54) is 11.4 Å². The first-order chi connectivity index (χ1) is 15.4. The molecular weight excluding hydrogens is 424 g/mol. The van der Waals surface area contributed by atoms with E-state index in [9.17, 15) is 13.2 Å². The molecule has 0 heterocycles. The van der Waals surface area contributed by atoms with Gasteiger partial charge in [-0.15, -0.1) is 0 Å². The highest BCUT2D eigenvalue weighted by Gasteiger charge is 2.22. The summed E-state index contributed by atoms with van der Waals surface area (Å²) in [6.07, 6.45) is 1.71. The van der Waals surface area contributed by atoms with Gasteiger partial charge >= 0.3 is 0 Å². The number of hydrogen-bond donors (Lipinski definition) is 1. The van der Waals surface area contributed by atoms with Crippen molar-refractivity contribution in [2.75, 3.05) is 24.2 Å². The van der Waals surface area contributed by atoms with Gasteiger partial charge in [0.25, 0.3) is 0 Å². The molecule has 3 aromatic rings. The van der Waals surface area contributed by atoms with E-state index in [1.807, 2.05) is 60.7 Å². The van der Waals surface area contributed by atoms with E-state index in [4.69, 9.17) is 4.74 Å². The molecule has 0 bridgehead atoms. The van der Waals surface area contributed by atoms with Crippen molar-refractivity contribution in [3.8, 4) is 5.75 Å². The van der Waals surface area contributed by atoms with E-state index in [1.54, 1.807) is 24.3 Å². The fourth-order valence-electron chi connectivity index (χ4n) is 3.57. The number of carbonyl (C=O) groups is 1. The topological polar surface area (TPSA) is 75.7 Å². The van der Waals surface area contributed by atoms with E-state index in [-0.39, 0.29) is 24.9 Å². The van der Waals surface area contributed by atoms with Gasteiger partial charge in [-0.05, 0) is 29.7 Å². The van der Waals surface area contributed by atoms with Gasteiger partial charge in [-0.3, -0.25) is 9.10 Å². The van der Waals surface area contributed by atoms with Crippen molar-refractivity contribution in [3.63, 3.8) is 0 Å². The molecule has 3 rings (SSSR count). The van der Waals surface area contributed by atoms with Crippen LogP contribution in [-0.2, 0) is 14.8 Å². The Balaban J connectivity index is 1.69. The minimum atomic E-state index is -3.54. The second-order valence-electron chi connectivity index (χ2n) is 7.43. The number of benzene rings is 3. The Morgan fingerprint density at radius 1 is 0.906 bits per heavy atom. The van der Waals surface area contributed by atoms with Gasteiger partial charge in [-0.2, -0.15) is 0 Å². The molecule has 3 aromatic carbocycles. The van der Waals surface area contributed by atoms with E-state index in [0.29, 0.717) is 17.9 Å². The zero-order valence-electron chi connectivity index (χ0n) is 18.3. The fourth-order valence-corrected chi connectivity index (χ4v) is 4.54. The lowest BCUT2D eigenvalue weighted by molar-refractivity contribution is -0.121. The van der Waals surface area contributed by atoms with Crippen LogP contribution in [0.2, 0.25) is 0 Å². The summed E-state index contributed by atoms with van der Waals surface area (Å²) in [5, 5.41) is 3.09. The number of anilines is 1. The molecule has 0 aliphatic rings. The highest BCUT2D eigenvalue weighted by Crippen LogP contribution is 2.29. The van der Waals surface area contributed by atoms with Crippen LogP contribution in [-0.4, -0.2) is 34.2 Å². The molecule has 0 spiro atoms. The van der Waals surface area contributed by atoms with Gasteiger partial charge in [0.15, 0.2) is 0 Å². The average molecular weight is 453 g/mol. The smallest absolute Gasteiger partial charge is 0.232 e. The van der Waals surface area contributed by atoms with E-state index in [2.05, 4.69) is 5.32 Å². The van der Waals surface area contributed by atoms with Crippen molar-refractivity contribution in [3.05, 3.63) is 96.1 Å². The molecule has 0 saturated carbocycles. The van der Waals surface area contributed by atoms with Crippen LogP contribution in [0.3, 0.4) is 0 Å². The molecule has 1 amide bonds. The molecule has 0 atom stereocenters. The third-order valence-electron chi connectivity index (χ3n) is 5.09. The third kappa shape index (κ3) is 6.11. The third-order valence-corrected chi connectivity index (χ3v) is 6.27. The largest absolute Gasteiger partial charge is 0.495 e. The SMILES string of the molecule is COc1ccccc1N(CCCC(=O)NC(c1ccccc1)c1ccccc1)S(C)(=O)=O. The lowest BCUT2D eigenvalue weighted by Gasteiger charge is -2.24. The van der Waals surface area contributed by atoms with Crippen LogP contribution in [0.1, 0.15) is 30.0 Å². The molecule has 32 heavy (non-hydrogen) atoms. The summed E-state index contributed by atoms with van der Waals surface area (Å²) in [7, 11) is -2.04. The zero-order valence-corrected chi connectivity index (χ0v) is 19.1. The predicted octanol–water partition coefficient (Wildman–Crippen LogP) is 4.15. The van der Waals surface area contributed by atoms with Crippen LogP contribution in [0.15, 0.2) is 84.9 Å². The summed E-state index contributed by atoms with van der Waals surface area (Å²) in [5.74, 6) is 0.326. The van der Waals surface area contributed by atoms with Crippen molar-refractivity contribution in [1.29, 1.82) is 0 Å². The van der Waals surface area contributed by atoms with Gasteiger partial charge in [0, 0.05) is 13.0 Å². The number of rotatable bonds is 10. The number of sulfonamides is 1. The Labute approximate surface area is 189 Å². The van der Waals surface area contributed by atoms with Gasteiger partial charge in [0.2, 0.25) is 15.9 Å². The summed E-state index contributed by atoms with van der Waals surface area (Å²) in [6, 6.07) is 26.2. The van der Waals surface area contributed by atoms with Crippen molar-refractivity contribution in [2.45, 2.75) is 18.9 Å². The van der Waals surface area contributed by atoms with Crippen LogP contribution < -0.4 is 14.4 Å². The van der Waals surface area contributed by atoms with Crippen LogP contribution in [0, 0.1) is 0 Å². The summed E-state index contributed by atoms with van der Waals surface area (Å²) in [6.45, 7) is 0.175. The number of carbonyl (C=O) groups excluding carboxylic acids is 1. The number of nitrogens with one attached hydrogen (secondary N) is 1. The number of methoxy groups -OCH3 is 1. The molecule has 0 aliphatic heterocycles. The standard InChI is InChI=1S/C25H28N2O4S/c1-31-23-17-10-9-16-22(23)27(32(2,29)30)19-11-18-24(28)26-25(20-12-5-3-6-13-20)21-14-7-4-8-15-21/h3-10,12-17,25H,11,18-19H2,1-2H3,(H,26,28). The molecule has 1 N–H and O–H groups in total. The highest BCUT2D eigenvalue weighted by molar-refractivity contribution is 7.92. The molecule has 0 saturated heterocycles. The summed E-state index contributed by atoms with van der Waals surface area (Å²) < 4.78 is 31.4. The van der Waals surface area contributed by atoms with Crippen LogP contribution in [0.4, 0.5) is 5.69 Å². The first kappa shape index (κ1) is 23.3. The second-order valence-corrected chi connectivity index (χ2v) is 9.34. The predicted molar refractivity (Wildman–Crippen MR) is 127 cm³/mol. The summed E-state index contributed by atoms with van der Waals surface area (Å²) >= 11 is 0. The van der Waals surface area contributed by atoms with Gasteiger partial charge in [0.05, 0.1) is 25.1 Å². The monoisotopic (exact) mass is 452 g/mol. The van der Waals surface area contributed by atoms with Gasteiger partial charge < -0.3 is 10.1 Å². The first-order valence-electron chi connectivity index (χ1n) is 10.4. The van der Waals surface area contributed by atoms with Gasteiger partial charge in [0.1, 0.15) is 5.75 Å². The number of nitrogens with zero attached hydrogens (tertiary/aromatic N) is 1. The normalized spacial score (nSPS) is 11.2. The lowest BCUT2D eigenvalue weighted by atomic mass is 9.98. The first-order valence-corrected chi connectivity index (χ1v) is 12.2. The highest BCUT2D eigenvalue weighted by atomic mass is 32.2. The molecule has 6 nitrogen and oxygen atoms in total. The molecule has 7 heteroatoms. The van der Waals surface area contributed by atoms with E-state index >= 15 is 0 Å². The van der Waals surface area contributed by atoms with E-state index < -0.39 is 10.0 Å². The Morgan fingerprint density at radius 2 is 1.44 bits per heavy atom. The molecule has 0 fully saturated rings. The van der Waals surface area contributed by atoms with Crippen molar-refractivity contribution in [1.82, 2.24) is 5.32 Å². The quantitative estimate of drug-likeness (QED) is 0.501. The number of amides is 1. The van der Waals surface area contributed by atoms with Gasteiger partial charge in [-0.25, -0.2) is 8.42 Å². The Hall–Kier alpha value is -3.32. The van der Waals surface area contributed by atoms with Crippen molar-refractivity contribution < 1.29 is 17.9 Å². The number of hydrogen-bond acceptors (Lipinski definition) is 4. The molecule has 0 unspecified atom stereocenters. The Kier molecular flexibility index (Phi) is 7.89. The minimum absolute atomic E-state index is 0.142. The molecule has 0 aromatic heterocycles. The van der Waals surface area contributed by atoms with E-state index in [0.717, 1.165) is 17.4 Å². The number of para-hydroxylation sites is 2. The maximum atomic E-state index is 12.8. The maximum Gasteiger partial charge on any atom is 0.232 e. The fraction of sp³-hybridized carbons (Fsp3) is 0.240. The molecular formula is C25H28N2O4S.